The molecular formula is C20H28I2N4O4S. The first kappa shape index (κ1) is 26.5. The number of nitrogens with one attached hydrogen (secondary N) is 2. The monoisotopic (exact) mass is 674 g/mol. The molecule has 4 N–H and O–H groups in total. The highest BCUT2D eigenvalue weighted by Crippen LogP contribution is 2.17. The van der Waals surface area contributed by atoms with Crippen LogP contribution in [0, 0.1) is 7.14 Å². The van der Waals surface area contributed by atoms with Gasteiger partial charge in [0.2, 0.25) is 0 Å². The van der Waals surface area contributed by atoms with Crippen molar-refractivity contribution in [2.75, 3.05) is 62.2 Å². The Morgan fingerprint density at radius 1 is 0.645 bits per heavy atom. The Balaban J connectivity index is 0.000000182. The molecule has 172 valence electrons. The summed E-state index contributed by atoms with van der Waals surface area (Å²) in [6, 6.07) is 17.5. The molecule has 8 nitrogen and oxygen atoms in total. The summed E-state index contributed by atoms with van der Waals surface area (Å²) in [4.78, 5) is 4.85. The van der Waals surface area contributed by atoms with E-state index in [4.69, 9.17) is 17.5 Å². The van der Waals surface area contributed by atoms with Crippen LogP contribution in [0.3, 0.4) is 0 Å². The third kappa shape index (κ3) is 11.6. The summed E-state index contributed by atoms with van der Waals surface area (Å²) < 4.78 is 34.2. The minimum atomic E-state index is -4.67. The van der Waals surface area contributed by atoms with E-state index >= 15 is 0 Å². The number of nitrogens with zero attached hydrogens (tertiary/aromatic N) is 2. The van der Waals surface area contributed by atoms with Gasteiger partial charge in [-0.05, 0) is 93.7 Å². The van der Waals surface area contributed by atoms with E-state index in [1.807, 2.05) is 0 Å². The van der Waals surface area contributed by atoms with Crippen LogP contribution in [0.25, 0.3) is 0 Å². The molecular weight excluding hydrogens is 646 g/mol. The van der Waals surface area contributed by atoms with E-state index in [0.717, 1.165) is 52.4 Å². The molecule has 0 aliphatic carbocycles. The van der Waals surface area contributed by atoms with Crippen molar-refractivity contribution >= 4 is 67.0 Å². The third-order valence-electron chi connectivity index (χ3n) is 4.62. The second-order valence-corrected chi connectivity index (χ2v) is 10.3. The van der Waals surface area contributed by atoms with E-state index in [9.17, 15) is 0 Å². The van der Waals surface area contributed by atoms with Gasteiger partial charge in [0.15, 0.2) is 0 Å². The molecule has 2 aliphatic rings. The molecule has 31 heavy (non-hydrogen) atoms. The van der Waals surface area contributed by atoms with E-state index in [2.05, 4.69) is 114 Å². The Bertz CT molecular complexity index is 804. The second kappa shape index (κ2) is 13.7. The molecule has 0 atom stereocenters. The number of piperazine rings is 2. The van der Waals surface area contributed by atoms with Crippen molar-refractivity contribution in [2.24, 2.45) is 0 Å². The number of halogens is 2. The van der Waals surface area contributed by atoms with Crippen LogP contribution in [0.15, 0.2) is 48.5 Å². The summed E-state index contributed by atoms with van der Waals surface area (Å²) in [5.41, 5.74) is 2.70. The smallest absolute Gasteiger partial charge is 0.369 e. The minimum absolute atomic E-state index is 1.10. The Labute approximate surface area is 211 Å². The molecule has 2 aromatic carbocycles. The first-order valence-electron chi connectivity index (χ1n) is 9.85. The van der Waals surface area contributed by atoms with Crippen LogP contribution in [0.5, 0.6) is 0 Å². The van der Waals surface area contributed by atoms with Gasteiger partial charge in [-0.25, -0.2) is 0 Å². The van der Waals surface area contributed by atoms with Gasteiger partial charge in [0.1, 0.15) is 0 Å². The van der Waals surface area contributed by atoms with Crippen molar-refractivity contribution in [2.45, 2.75) is 0 Å². The summed E-state index contributed by atoms with van der Waals surface area (Å²) in [6.07, 6.45) is 0. The summed E-state index contributed by atoms with van der Waals surface area (Å²) in [7, 11) is -4.67. The van der Waals surface area contributed by atoms with Crippen LogP contribution in [0.1, 0.15) is 0 Å². The first-order valence-corrected chi connectivity index (χ1v) is 13.4. The number of hydrogen-bond donors (Lipinski definition) is 4. The fraction of sp³-hybridized carbons (Fsp3) is 0.400. The molecule has 0 amide bonds. The van der Waals surface area contributed by atoms with Gasteiger partial charge in [0.25, 0.3) is 0 Å². The van der Waals surface area contributed by atoms with Gasteiger partial charge < -0.3 is 20.4 Å². The van der Waals surface area contributed by atoms with Gasteiger partial charge in [-0.2, -0.15) is 8.42 Å². The molecule has 0 bridgehead atoms. The van der Waals surface area contributed by atoms with E-state index in [0.29, 0.717) is 0 Å². The lowest BCUT2D eigenvalue weighted by atomic mass is 10.2. The van der Waals surface area contributed by atoms with Crippen LogP contribution in [0.2, 0.25) is 0 Å². The average molecular weight is 674 g/mol. The molecule has 2 aliphatic heterocycles. The Morgan fingerprint density at radius 2 is 0.903 bits per heavy atom. The second-order valence-electron chi connectivity index (χ2n) is 6.87. The molecule has 2 fully saturated rings. The largest absolute Gasteiger partial charge is 0.394 e. The number of rotatable bonds is 2. The van der Waals surface area contributed by atoms with Gasteiger partial charge in [-0.1, -0.05) is 0 Å². The molecule has 2 aromatic rings. The maximum Gasteiger partial charge on any atom is 0.394 e. The van der Waals surface area contributed by atoms with E-state index in [1.165, 1.54) is 18.5 Å². The summed E-state index contributed by atoms with van der Waals surface area (Å²) in [5, 5.41) is 6.71. The van der Waals surface area contributed by atoms with E-state index < -0.39 is 10.4 Å². The molecule has 4 rings (SSSR count). The molecule has 11 heteroatoms. The van der Waals surface area contributed by atoms with Crippen molar-refractivity contribution in [3.8, 4) is 0 Å². The van der Waals surface area contributed by atoms with Gasteiger partial charge in [0.05, 0.1) is 0 Å². The molecule has 0 radical (unpaired) electrons. The number of hydrogen-bond acceptors (Lipinski definition) is 6. The molecule has 2 saturated heterocycles. The van der Waals surface area contributed by atoms with Crippen LogP contribution in [-0.4, -0.2) is 69.9 Å². The lowest BCUT2D eigenvalue weighted by molar-refractivity contribution is 0.381. The summed E-state index contributed by atoms with van der Waals surface area (Å²) in [5.74, 6) is 0. The van der Waals surface area contributed by atoms with Crippen LogP contribution in [0.4, 0.5) is 11.4 Å². The van der Waals surface area contributed by atoms with Crippen LogP contribution < -0.4 is 20.4 Å². The first-order chi connectivity index (χ1) is 14.7. The maximum atomic E-state index is 8.74. The zero-order chi connectivity index (χ0) is 22.7. The van der Waals surface area contributed by atoms with E-state index in [-0.39, 0.29) is 0 Å². The zero-order valence-corrected chi connectivity index (χ0v) is 22.2. The van der Waals surface area contributed by atoms with Crippen LogP contribution >= 0.6 is 45.2 Å². The summed E-state index contributed by atoms with van der Waals surface area (Å²) in [6.45, 7) is 8.91. The lowest BCUT2D eigenvalue weighted by Crippen LogP contribution is -2.43. The average Bonchev–Trinajstić information content (AvgIpc) is 2.75. The van der Waals surface area contributed by atoms with Crippen molar-refractivity contribution in [3.05, 3.63) is 55.7 Å². The van der Waals surface area contributed by atoms with Crippen molar-refractivity contribution in [1.82, 2.24) is 10.6 Å². The van der Waals surface area contributed by atoms with Gasteiger partial charge in [-0.3, -0.25) is 9.11 Å². The maximum absolute atomic E-state index is 8.74. The minimum Gasteiger partial charge on any atom is -0.369 e. The standard InChI is InChI=1S/2C10H13IN2.H2O4S/c2*11-9-1-3-10(4-2-9)13-7-5-12-6-8-13;1-5(2,3)4/h2*1-4,12H,5-8H2;(H2,1,2,3,4). The normalized spacial score (nSPS) is 16.5. The van der Waals surface area contributed by atoms with Gasteiger partial charge >= 0.3 is 10.4 Å². The Kier molecular flexibility index (Phi) is 11.8. The SMILES string of the molecule is Ic1ccc(N2CCNCC2)cc1.Ic1ccc(N2CCNCC2)cc1.O=S(=O)(O)O. The molecule has 0 unspecified atom stereocenters. The number of anilines is 2. The summed E-state index contributed by atoms with van der Waals surface area (Å²) >= 11 is 4.67. The lowest BCUT2D eigenvalue weighted by Gasteiger charge is -2.29. The fourth-order valence-electron chi connectivity index (χ4n) is 3.15. The third-order valence-corrected chi connectivity index (χ3v) is 6.06. The topological polar surface area (TPSA) is 105 Å². The van der Waals surface area contributed by atoms with Gasteiger partial charge in [0, 0.05) is 70.9 Å². The molecule has 0 saturated carbocycles. The van der Waals surface area contributed by atoms with Crippen molar-refractivity contribution in [3.63, 3.8) is 0 Å². The highest BCUT2D eigenvalue weighted by atomic mass is 127. The molecule has 2 heterocycles. The van der Waals surface area contributed by atoms with Crippen molar-refractivity contribution < 1.29 is 17.5 Å². The number of benzene rings is 2. The molecule has 0 spiro atoms. The highest BCUT2D eigenvalue weighted by molar-refractivity contribution is 14.1. The zero-order valence-electron chi connectivity index (χ0n) is 17.0. The predicted molar refractivity (Wildman–Crippen MR) is 143 cm³/mol. The highest BCUT2D eigenvalue weighted by Gasteiger charge is 2.10. The Hall–Kier alpha value is -0.710. The molecule has 0 aromatic heterocycles. The Morgan fingerprint density at radius 3 is 1.16 bits per heavy atom. The fourth-order valence-corrected chi connectivity index (χ4v) is 3.87. The van der Waals surface area contributed by atoms with Crippen LogP contribution in [-0.2, 0) is 10.4 Å². The van der Waals surface area contributed by atoms with Crippen molar-refractivity contribution in [1.29, 1.82) is 0 Å². The van der Waals surface area contributed by atoms with Gasteiger partial charge in [-0.15, -0.1) is 0 Å². The quantitative estimate of drug-likeness (QED) is 0.285. The van der Waals surface area contributed by atoms with E-state index in [1.54, 1.807) is 0 Å². The predicted octanol–water partition coefficient (Wildman–Crippen LogP) is 2.75.